The maximum absolute atomic E-state index is 11.3. The van der Waals surface area contributed by atoms with Crippen molar-refractivity contribution in [2.45, 2.75) is 25.7 Å². The van der Waals surface area contributed by atoms with E-state index in [2.05, 4.69) is 28.1 Å². The number of anilines is 2. The molecule has 3 rings (SSSR count). The Morgan fingerprint density at radius 3 is 3.11 bits per heavy atom. The highest BCUT2D eigenvalue weighted by Gasteiger charge is 2.15. The molecule has 19 heavy (non-hydrogen) atoms. The zero-order chi connectivity index (χ0) is 13.1. The number of fused-ring (bicyclic) bond motifs is 1. The molecule has 0 aliphatic carbocycles. The number of nitrogens with one attached hydrogen (secondary N) is 3. The van der Waals surface area contributed by atoms with Crippen molar-refractivity contribution in [1.82, 2.24) is 5.32 Å². The van der Waals surface area contributed by atoms with Gasteiger partial charge >= 0.3 is 0 Å². The third kappa shape index (κ3) is 3.07. The minimum Gasteiger partial charge on any atom is -0.385 e. The molecular weight excluding hydrogens is 238 g/mol. The van der Waals surface area contributed by atoms with Crippen LogP contribution in [0.1, 0.15) is 24.8 Å². The van der Waals surface area contributed by atoms with E-state index in [1.165, 1.54) is 30.6 Å². The van der Waals surface area contributed by atoms with Gasteiger partial charge in [0.15, 0.2) is 0 Å². The fraction of sp³-hybridized carbons (Fsp3) is 0.533. The molecule has 1 saturated heterocycles. The molecule has 2 heterocycles. The SMILES string of the molecule is O=C1CCc2cc(NCCC3CCNC3)ccc2N1. The van der Waals surface area contributed by atoms with E-state index in [1.807, 2.05) is 6.07 Å². The Morgan fingerprint density at radius 2 is 2.26 bits per heavy atom. The smallest absolute Gasteiger partial charge is 0.224 e. The summed E-state index contributed by atoms with van der Waals surface area (Å²) in [5.74, 6) is 0.950. The zero-order valence-electron chi connectivity index (χ0n) is 11.2. The van der Waals surface area contributed by atoms with E-state index >= 15 is 0 Å². The van der Waals surface area contributed by atoms with Crippen LogP contribution in [0, 0.1) is 5.92 Å². The van der Waals surface area contributed by atoms with Crippen molar-refractivity contribution < 1.29 is 4.79 Å². The lowest BCUT2D eigenvalue weighted by molar-refractivity contribution is -0.116. The lowest BCUT2D eigenvalue weighted by atomic mass is 10.0. The Bertz CT molecular complexity index is 466. The van der Waals surface area contributed by atoms with Crippen molar-refractivity contribution in [3.63, 3.8) is 0 Å². The molecule has 1 aromatic carbocycles. The van der Waals surface area contributed by atoms with Gasteiger partial charge in [-0.1, -0.05) is 0 Å². The fourth-order valence-electron chi connectivity index (χ4n) is 2.87. The van der Waals surface area contributed by atoms with Crippen LogP contribution in [-0.4, -0.2) is 25.5 Å². The molecule has 1 amide bonds. The zero-order valence-corrected chi connectivity index (χ0v) is 11.2. The van der Waals surface area contributed by atoms with Crippen molar-refractivity contribution in [3.05, 3.63) is 23.8 Å². The maximum atomic E-state index is 11.3. The summed E-state index contributed by atoms with van der Waals surface area (Å²) in [7, 11) is 0. The van der Waals surface area contributed by atoms with Gasteiger partial charge in [0.2, 0.25) is 5.91 Å². The Kier molecular flexibility index (Phi) is 3.69. The van der Waals surface area contributed by atoms with E-state index in [9.17, 15) is 4.79 Å². The minimum atomic E-state index is 0.127. The van der Waals surface area contributed by atoms with Crippen LogP contribution in [0.2, 0.25) is 0 Å². The van der Waals surface area contributed by atoms with Gasteiger partial charge in [0, 0.05) is 24.3 Å². The largest absolute Gasteiger partial charge is 0.385 e. The number of carbonyl (C=O) groups excluding carboxylic acids is 1. The summed E-state index contributed by atoms with van der Waals surface area (Å²) in [5, 5.41) is 9.80. The van der Waals surface area contributed by atoms with Crippen molar-refractivity contribution in [3.8, 4) is 0 Å². The summed E-state index contributed by atoms with van der Waals surface area (Å²) in [6.45, 7) is 3.36. The molecule has 0 radical (unpaired) electrons. The highest BCUT2D eigenvalue weighted by atomic mass is 16.1. The van der Waals surface area contributed by atoms with Crippen LogP contribution < -0.4 is 16.0 Å². The van der Waals surface area contributed by atoms with Gasteiger partial charge < -0.3 is 16.0 Å². The summed E-state index contributed by atoms with van der Waals surface area (Å²) in [5.41, 5.74) is 3.38. The number of amides is 1. The first kappa shape index (κ1) is 12.5. The fourth-order valence-corrected chi connectivity index (χ4v) is 2.87. The first-order chi connectivity index (χ1) is 9.31. The van der Waals surface area contributed by atoms with Crippen LogP contribution in [0.4, 0.5) is 11.4 Å². The summed E-state index contributed by atoms with van der Waals surface area (Å²) in [4.78, 5) is 11.3. The van der Waals surface area contributed by atoms with Crippen LogP contribution in [-0.2, 0) is 11.2 Å². The predicted molar refractivity (Wildman–Crippen MR) is 77.5 cm³/mol. The Morgan fingerprint density at radius 1 is 1.32 bits per heavy atom. The van der Waals surface area contributed by atoms with Crippen LogP contribution >= 0.6 is 0 Å². The van der Waals surface area contributed by atoms with Crippen LogP contribution in [0.5, 0.6) is 0 Å². The number of benzene rings is 1. The van der Waals surface area contributed by atoms with Gasteiger partial charge in [-0.3, -0.25) is 4.79 Å². The standard InChI is InChI=1S/C15H21N3O/c19-15-4-1-12-9-13(2-3-14(12)18-15)17-8-6-11-5-7-16-10-11/h2-3,9,11,16-17H,1,4-8,10H2,(H,18,19). The topological polar surface area (TPSA) is 53.2 Å². The third-order valence-electron chi connectivity index (χ3n) is 4.04. The maximum Gasteiger partial charge on any atom is 0.224 e. The predicted octanol–water partition coefficient (Wildman–Crippen LogP) is 1.98. The van der Waals surface area contributed by atoms with E-state index < -0.39 is 0 Å². The van der Waals surface area contributed by atoms with Crippen molar-refractivity contribution in [2.24, 2.45) is 5.92 Å². The molecule has 1 atom stereocenters. The van der Waals surface area contributed by atoms with Gasteiger partial charge in [0.05, 0.1) is 0 Å². The Balaban J connectivity index is 1.55. The van der Waals surface area contributed by atoms with Gasteiger partial charge in [-0.25, -0.2) is 0 Å². The second-order valence-electron chi connectivity index (χ2n) is 5.49. The van der Waals surface area contributed by atoms with E-state index in [-0.39, 0.29) is 5.91 Å². The van der Waals surface area contributed by atoms with Gasteiger partial charge in [-0.15, -0.1) is 0 Å². The average molecular weight is 259 g/mol. The number of rotatable bonds is 4. The number of carbonyl (C=O) groups is 1. The molecule has 102 valence electrons. The van der Waals surface area contributed by atoms with E-state index in [0.717, 1.165) is 31.1 Å². The summed E-state index contributed by atoms with van der Waals surface area (Å²) < 4.78 is 0. The highest BCUT2D eigenvalue weighted by molar-refractivity contribution is 5.94. The molecule has 1 fully saturated rings. The molecule has 3 N–H and O–H groups in total. The second kappa shape index (κ2) is 5.61. The minimum absolute atomic E-state index is 0.127. The second-order valence-corrected chi connectivity index (χ2v) is 5.49. The molecule has 0 spiro atoms. The highest BCUT2D eigenvalue weighted by Crippen LogP contribution is 2.25. The molecule has 4 heteroatoms. The molecule has 0 saturated carbocycles. The van der Waals surface area contributed by atoms with Crippen LogP contribution in [0.3, 0.4) is 0 Å². The first-order valence-electron chi connectivity index (χ1n) is 7.18. The van der Waals surface area contributed by atoms with Gasteiger partial charge in [-0.05, 0) is 62.0 Å². The molecule has 1 aromatic rings. The summed E-state index contributed by atoms with van der Waals surface area (Å²) >= 11 is 0. The average Bonchev–Trinajstić information content (AvgIpc) is 2.92. The molecule has 1 unspecified atom stereocenters. The van der Waals surface area contributed by atoms with Crippen LogP contribution in [0.15, 0.2) is 18.2 Å². The van der Waals surface area contributed by atoms with E-state index in [0.29, 0.717) is 6.42 Å². The summed E-state index contributed by atoms with van der Waals surface area (Å²) in [6.07, 6.45) is 3.98. The molecule has 0 aromatic heterocycles. The van der Waals surface area contributed by atoms with Gasteiger partial charge in [0.1, 0.15) is 0 Å². The van der Waals surface area contributed by atoms with Crippen LogP contribution in [0.25, 0.3) is 0 Å². The van der Waals surface area contributed by atoms with Gasteiger partial charge in [0.25, 0.3) is 0 Å². The monoisotopic (exact) mass is 259 g/mol. The number of hydrogen-bond acceptors (Lipinski definition) is 3. The number of aryl methyl sites for hydroxylation is 1. The Labute approximate surface area is 114 Å². The third-order valence-corrected chi connectivity index (χ3v) is 4.04. The quantitative estimate of drug-likeness (QED) is 0.775. The number of hydrogen-bond donors (Lipinski definition) is 3. The molecular formula is C15H21N3O. The Hall–Kier alpha value is -1.55. The molecule has 2 aliphatic heterocycles. The van der Waals surface area contributed by atoms with Crippen molar-refractivity contribution in [1.29, 1.82) is 0 Å². The van der Waals surface area contributed by atoms with Gasteiger partial charge in [-0.2, -0.15) is 0 Å². The van der Waals surface area contributed by atoms with E-state index in [1.54, 1.807) is 0 Å². The molecule has 2 aliphatic rings. The first-order valence-corrected chi connectivity index (χ1v) is 7.18. The van der Waals surface area contributed by atoms with Crippen molar-refractivity contribution in [2.75, 3.05) is 30.3 Å². The lowest BCUT2D eigenvalue weighted by Crippen LogP contribution is -2.19. The summed E-state index contributed by atoms with van der Waals surface area (Å²) in [6, 6.07) is 6.23. The normalized spacial score (nSPS) is 21.9. The molecule has 0 bridgehead atoms. The van der Waals surface area contributed by atoms with E-state index in [4.69, 9.17) is 0 Å². The lowest BCUT2D eigenvalue weighted by Gasteiger charge is -2.18. The molecule has 4 nitrogen and oxygen atoms in total. The van der Waals surface area contributed by atoms with Crippen molar-refractivity contribution >= 4 is 17.3 Å².